The summed E-state index contributed by atoms with van der Waals surface area (Å²) >= 11 is 5.81. The lowest BCUT2D eigenvalue weighted by atomic mass is 9.87. The van der Waals surface area contributed by atoms with Gasteiger partial charge < -0.3 is 14.8 Å². The third-order valence-electron chi connectivity index (χ3n) is 6.38. The maximum absolute atomic E-state index is 11.6. The number of thiocarbonyl (C=S) groups is 1. The van der Waals surface area contributed by atoms with Crippen LogP contribution < -0.4 is 14.8 Å². The van der Waals surface area contributed by atoms with Gasteiger partial charge in [-0.2, -0.15) is 0 Å². The molecule has 0 saturated heterocycles. The van der Waals surface area contributed by atoms with E-state index < -0.39 is 5.60 Å². The Bertz CT molecular complexity index is 1270. The van der Waals surface area contributed by atoms with Crippen LogP contribution in [0.3, 0.4) is 0 Å². The first kappa shape index (κ1) is 22.2. The van der Waals surface area contributed by atoms with E-state index in [-0.39, 0.29) is 5.97 Å². The number of aromatic nitrogens is 1. The number of pyridine rings is 1. The minimum Gasteiger partial charge on any atom is -0.480 e. The Morgan fingerprint density at radius 1 is 1.16 bits per heavy atom. The van der Waals surface area contributed by atoms with Crippen molar-refractivity contribution < 1.29 is 14.3 Å². The average molecular weight is 449 g/mol. The molecule has 5 nitrogen and oxygen atoms in total. The predicted molar refractivity (Wildman–Crippen MR) is 132 cm³/mol. The molecule has 1 atom stereocenters. The number of hydrogen-bond donors (Lipinski definition) is 1. The van der Waals surface area contributed by atoms with Crippen LogP contribution in [-0.2, 0) is 11.2 Å². The quantitative estimate of drug-likeness (QED) is 0.305. The van der Waals surface area contributed by atoms with E-state index in [4.69, 9.17) is 26.7 Å². The Labute approximate surface area is 194 Å². The van der Waals surface area contributed by atoms with E-state index >= 15 is 0 Å². The van der Waals surface area contributed by atoms with E-state index in [1.807, 2.05) is 52.0 Å². The summed E-state index contributed by atoms with van der Waals surface area (Å²) in [6.07, 6.45) is 1.49. The molecule has 166 valence electrons. The fourth-order valence-electron chi connectivity index (χ4n) is 4.35. The average Bonchev–Trinajstić information content (AvgIpc) is 2.75. The monoisotopic (exact) mass is 448 g/mol. The number of ether oxygens (including phenoxy) is 2. The second-order valence-electron chi connectivity index (χ2n) is 8.73. The molecule has 0 fully saturated rings. The van der Waals surface area contributed by atoms with Crippen molar-refractivity contribution in [3.8, 4) is 11.5 Å². The van der Waals surface area contributed by atoms with Crippen LogP contribution in [0.15, 0.2) is 30.3 Å². The molecule has 0 saturated carbocycles. The highest BCUT2D eigenvalue weighted by molar-refractivity contribution is 7.80. The highest BCUT2D eigenvalue weighted by atomic mass is 32.1. The number of nitrogens with one attached hydrogen (secondary N) is 1. The molecule has 0 amide bonds. The smallest absolute Gasteiger partial charge is 0.308 e. The molecule has 1 aliphatic rings. The first-order valence-electron chi connectivity index (χ1n) is 10.8. The highest BCUT2D eigenvalue weighted by Gasteiger charge is 2.38. The van der Waals surface area contributed by atoms with E-state index in [1.54, 1.807) is 0 Å². The molecular formula is C26H28N2O3S. The molecule has 4 rings (SSSR count). The van der Waals surface area contributed by atoms with Gasteiger partial charge in [-0.15, -0.1) is 0 Å². The fourth-order valence-corrected chi connectivity index (χ4v) is 4.60. The number of anilines is 1. The lowest BCUT2D eigenvalue weighted by molar-refractivity contribution is -0.132. The maximum Gasteiger partial charge on any atom is 0.308 e. The number of hydrogen-bond acceptors (Lipinski definition) is 5. The number of esters is 1. The lowest BCUT2D eigenvalue weighted by Crippen LogP contribution is -2.47. The van der Waals surface area contributed by atoms with Crippen molar-refractivity contribution >= 4 is 39.9 Å². The van der Waals surface area contributed by atoms with Crippen LogP contribution in [0.1, 0.15) is 48.1 Å². The number of rotatable bonds is 3. The molecule has 6 heteroatoms. The van der Waals surface area contributed by atoms with Crippen LogP contribution in [0, 0.1) is 27.7 Å². The first-order chi connectivity index (χ1) is 15.1. The second kappa shape index (κ2) is 8.17. The topological polar surface area (TPSA) is 60.5 Å². The summed E-state index contributed by atoms with van der Waals surface area (Å²) in [6, 6.07) is 10.1. The van der Waals surface area contributed by atoms with Gasteiger partial charge in [-0.05, 0) is 81.8 Å². The summed E-state index contributed by atoms with van der Waals surface area (Å²) in [5.74, 6) is 1.87. The molecule has 1 N–H and O–H groups in total. The Balaban J connectivity index is 1.64. The number of fused-ring (bicyclic) bond motifs is 2. The standard InChI is InChI=1S/C26H28N2O3S/c1-14-13-22(27-21-10-8-7-9-19(14)21)28-25(32)26(6)12-11-20-17(4)23(30-18(5)29)15(2)16(3)24(20)31-26/h7-10,13H,11-12H2,1-6H3,(H,27,28,32). The summed E-state index contributed by atoms with van der Waals surface area (Å²) in [7, 11) is 0. The predicted octanol–water partition coefficient (Wildman–Crippen LogP) is 5.92. The van der Waals surface area contributed by atoms with Crippen molar-refractivity contribution in [1.29, 1.82) is 0 Å². The molecule has 0 aliphatic carbocycles. The van der Waals surface area contributed by atoms with Gasteiger partial charge in [0.05, 0.1) is 5.52 Å². The molecule has 0 radical (unpaired) electrons. The third kappa shape index (κ3) is 3.84. The summed E-state index contributed by atoms with van der Waals surface area (Å²) in [5.41, 5.74) is 5.30. The van der Waals surface area contributed by atoms with Crippen molar-refractivity contribution in [2.45, 2.75) is 60.0 Å². The fraction of sp³-hybridized carbons (Fsp3) is 0.346. The van der Waals surface area contributed by atoms with Crippen LogP contribution >= 0.6 is 12.2 Å². The molecule has 3 aromatic rings. The molecule has 1 aliphatic heterocycles. The van der Waals surface area contributed by atoms with Gasteiger partial charge in [0.2, 0.25) is 0 Å². The van der Waals surface area contributed by atoms with E-state index in [9.17, 15) is 4.79 Å². The molecular weight excluding hydrogens is 420 g/mol. The zero-order chi connectivity index (χ0) is 23.2. The summed E-state index contributed by atoms with van der Waals surface area (Å²) in [6.45, 7) is 11.4. The molecule has 2 heterocycles. The van der Waals surface area contributed by atoms with Gasteiger partial charge in [0, 0.05) is 17.9 Å². The zero-order valence-electron chi connectivity index (χ0n) is 19.4. The van der Waals surface area contributed by atoms with E-state index in [0.717, 1.165) is 56.7 Å². The van der Waals surface area contributed by atoms with Crippen LogP contribution in [-0.4, -0.2) is 21.5 Å². The molecule has 1 unspecified atom stereocenters. The van der Waals surface area contributed by atoms with E-state index in [0.29, 0.717) is 17.2 Å². The number of nitrogens with zero attached hydrogens (tertiary/aromatic N) is 1. The van der Waals surface area contributed by atoms with E-state index in [1.165, 1.54) is 6.92 Å². The Morgan fingerprint density at radius 3 is 2.59 bits per heavy atom. The van der Waals surface area contributed by atoms with Crippen molar-refractivity contribution in [3.63, 3.8) is 0 Å². The van der Waals surface area contributed by atoms with Crippen molar-refractivity contribution in [1.82, 2.24) is 4.98 Å². The molecule has 1 aromatic heterocycles. The number of para-hydroxylation sites is 1. The zero-order valence-corrected chi connectivity index (χ0v) is 20.2. The van der Waals surface area contributed by atoms with Gasteiger partial charge in [-0.25, -0.2) is 4.98 Å². The highest BCUT2D eigenvalue weighted by Crippen LogP contribution is 2.44. The largest absolute Gasteiger partial charge is 0.480 e. The van der Waals surface area contributed by atoms with Gasteiger partial charge in [0.25, 0.3) is 0 Å². The van der Waals surface area contributed by atoms with Crippen LogP contribution in [0.25, 0.3) is 10.9 Å². The summed E-state index contributed by atoms with van der Waals surface area (Å²) in [5, 5.41) is 4.46. The normalized spacial score (nSPS) is 17.4. The summed E-state index contributed by atoms with van der Waals surface area (Å²) < 4.78 is 12.1. The van der Waals surface area contributed by atoms with Crippen molar-refractivity contribution in [2.75, 3.05) is 5.32 Å². The SMILES string of the molecule is CC(=O)Oc1c(C)c(C)c2c(c1C)CCC(C)(C(=S)Nc1cc(C)c3ccccc3n1)O2. The number of carbonyl (C=O) groups is 1. The molecule has 0 bridgehead atoms. The van der Waals surface area contributed by atoms with Crippen molar-refractivity contribution in [2.24, 2.45) is 0 Å². The Morgan fingerprint density at radius 2 is 1.88 bits per heavy atom. The minimum atomic E-state index is -0.670. The molecule has 0 spiro atoms. The van der Waals surface area contributed by atoms with Gasteiger partial charge in [-0.1, -0.05) is 30.4 Å². The molecule has 2 aromatic carbocycles. The Kier molecular flexibility index (Phi) is 5.67. The van der Waals surface area contributed by atoms with Gasteiger partial charge in [0.15, 0.2) is 5.60 Å². The Hall–Kier alpha value is -2.99. The lowest BCUT2D eigenvalue weighted by Gasteiger charge is -2.38. The van der Waals surface area contributed by atoms with E-state index in [2.05, 4.69) is 18.3 Å². The third-order valence-corrected chi connectivity index (χ3v) is 6.92. The number of carbonyl (C=O) groups excluding carboxylic acids is 1. The first-order valence-corrected chi connectivity index (χ1v) is 11.2. The van der Waals surface area contributed by atoms with Crippen LogP contribution in [0.5, 0.6) is 11.5 Å². The van der Waals surface area contributed by atoms with Gasteiger partial charge in [0.1, 0.15) is 22.3 Å². The van der Waals surface area contributed by atoms with Crippen LogP contribution in [0.2, 0.25) is 0 Å². The second-order valence-corrected chi connectivity index (χ2v) is 9.14. The van der Waals surface area contributed by atoms with Crippen molar-refractivity contribution in [3.05, 3.63) is 58.1 Å². The number of aryl methyl sites for hydroxylation is 1. The van der Waals surface area contributed by atoms with Gasteiger partial charge in [-0.3, -0.25) is 4.79 Å². The summed E-state index contributed by atoms with van der Waals surface area (Å²) in [4.78, 5) is 16.9. The van der Waals surface area contributed by atoms with Gasteiger partial charge >= 0.3 is 5.97 Å². The molecule has 32 heavy (non-hydrogen) atoms. The van der Waals surface area contributed by atoms with Crippen LogP contribution in [0.4, 0.5) is 5.82 Å². The minimum absolute atomic E-state index is 0.319. The number of benzene rings is 2. The maximum atomic E-state index is 11.6.